The summed E-state index contributed by atoms with van der Waals surface area (Å²) in [6, 6.07) is 20.2. The minimum Gasteiger partial charge on any atom is -0.0843 e. The van der Waals surface area contributed by atoms with Gasteiger partial charge in [-0.05, 0) is 71.5 Å². The zero-order chi connectivity index (χ0) is 18.5. The quantitative estimate of drug-likeness (QED) is 0.404. The average Bonchev–Trinajstić information content (AvgIpc) is 2.63. The Morgan fingerprint density at radius 2 is 0.885 bits per heavy atom. The predicted molar refractivity (Wildman–Crippen MR) is 117 cm³/mol. The summed E-state index contributed by atoms with van der Waals surface area (Å²) in [4.78, 5) is 0. The van der Waals surface area contributed by atoms with Crippen molar-refractivity contribution in [1.82, 2.24) is 0 Å². The highest BCUT2D eigenvalue weighted by molar-refractivity contribution is 6.30. The fourth-order valence-electron chi connectivity index (χ4n) is 2.74. The molecule has 0 amide bonds. The van der Waals surface area contributed by atoms with E-state index in [0.29, 0.717) is 0 Å². The van der Waals surface area contributed by atoms with Crippen LogP contribution >= 0.6 is 23.2 Å². The van der Waals surface area contributed by atoms with E-state index in [1.54, 1.807) is 0 Å². The molecular weight excluding hydrogens is 359 g/mol. The summed E-state index contributed by atoms with van der Waals surface area (Å²) in [6.07, 6.45) is 8.53. The third kappa shape index (κ3) is 4.88. The zero-order valence-corrected chi connectivity index (χ0v) is 16.4. The summed E-state index contributed by atoms with van der Waals surface area (Å²) < 4.78 is 0. The van der Waals surface area contributed by atoms with E-state index >= 15 is 0 Å². The van der Waals surface area contributed by atoms with E-state index in [1.807, 2.05) is 48.5 Å². The molecule has 26 heavy (non-hydrogen) atoms. The normalized spacial score (nSPS) is 11.5. The summed E-state index contributed by atoms with van der Waals surface area (Å²) in [6.45, 7) is 4.28. The molecule has 0 N–H and O–H groups in total. The Hall–Kier alpha value is -2.28. The first-order chi connectivity index (χ1) is 12.5. The molecule has 0 saturated carbocycles. The summed E-state index contributed by atoms with van der Waals surface area (Å²) in [5, 5.41) is 1.51. The van der Waals surface area contributed by atoms with Crippen LogP contribution < -0.4 is 0 Å². The second-order valence-corrected chi connectivity index (χ2v) is 7.21. The van der Waals surface area contributed by atoms with Crippen LogP contribution in [0.5, 0.6) is 0 Å². The summed E-state index contributed by atoms with van der Waals surface area (Å²) in [5.41, 5.74) is 7.21. The SMILES string of the molecule is Cc1cc(C=Cc2ccc(Cl)cc2)c(C)cc1C=Cc1ccc(Cl)cc1. The van der Waals surface area contributed by atoms with Crippen LogP contribution in [0, 0.1) is 13.8 Å². The van der Waals surface area contributed by atoms with Crippen LogP contribution in [-0.2, 0) is 0 Å². The zero-order valence-electron chi connectivity index (χ0n) is 14.8. The molecule has 0 saturated heterocycles. The number of hydrogen-bond acceptors (Lipinski definition) is 0. The topological polar surface area (TPSA) is 0 Å². The molecule has 0 aliphatic rings. The Kier molecular flexibility index (Phi) is 5.98. The number of benzene rings is 3. The van der Waals surface area contributed by atoms with Crippen LogP contribution in [0.25, 0.3) is 24.3 Å². The molecule has 0 unspecified atom stereocenters. The van der Waals surface area contributed by atoms with Crippen molar-refractivity contribution in [1.29, 1.82) is 0 Å². The van der Waals surface area contributed by atoms with Crippen LogP contribution in [0.3, 0.4) is 0 Å². The Bertz CT molecular complexity index is 866. The molecule has 0 aliphatic carbocycles. The molecule has 0 aliphatic heterocycles. The minimum absolute atomic E-state index is 0.756. The highest BCUT2D eigenvalue weighted by Gasteiger charge is 2.01. The molecule has 130 valence electrons. The molecule has 0 nitrogen and oxygen atoms in total. The molecule has 0 atom stereocenters. The Morgan fingerprint density at radius 3 is 1.23 bits per heavy atom. The standard InChI is InChI=1S/C24H20Cl2/c1-17-15-22(10-4-20-7-13-24(26)14-8-20)18(2)16-21(17)9-3-19-5-11-23(25)12-6-19/h3-16H,1-2H3. The number of halogens is 2. The van der Waals surface area contributed by atoms with Crippen LogP contribution in [0.1, 0.15) is 33.4 Å². The van der Waals surface area contributed by atoms with Gasteiger partial charge in [-0.2, -0.15) is 0 Å². The smallest absolute Gasteiger partial charge is 0.0406 e. The van der Waals surface area contributed by atoms with E-state index in [0.717, 1.165) is 21.2 Å². The van der Waals surface area contributed by atoms with Gasteiger partial charge in [0.05, 0.1) is 0 Å². The molecule has 0 radical (unpaired) electrons. The molecular formula is C24H20Cl2. The van der Waals surface area contributed by atoms with E-state index in [4.69, 9.17) is 23.2 Å². The van der Waals surface area contributed by atoms with Crippen molar-refractivity contribution >= 4 is 47.5 Å². The first kappa shape index (κ1) is 18.5. The number of aryl methyl sites for hydroxylation is 2. The second kappa shape index (κ2) is 8.40. The van der Waals surface area contributed by atoms with Gasteiger partial charge < -0.3 is 0 Å². The van der Waals surface area contributed by atoms with Crippen LogP contribution in [0.15, 0.2) is 60.7 Å². The van der Waals surface area contributed by atoms with Gasteiger partial charge in [0, 0.05) is 10.0 Å². The van der Waals surface area contributed by atoms with Crippen molar-refractivity contribution in [3.05, 3.63) is 104 Å². The van der Waals surface area contributed by atoms with E-state index in [2.05, 4.69) is 50.3 Å². The van der Waals surface area contributed by atoms with Gasteiger partial charge >= 0.3 is 0 Å². The lowest BCUT2D eigenvalue weighted by Crippen LogP contribution is -1.88. The Labute approximate surface area is 165 Å². The van der Waals surface area contributed by atoms with E-state index < -0.39 is 0 Å². The molecule has 0 heterocycles. The lowest BCUT2D eigenvalue weighted by molar-refractivity contribution is 1.36. The van der Waals surface area contributed by atoms with Crippen molar-refractivity contribution < 1.29 is 0 Å². The van der Waals surface area contributed by atoms with Gasteiger partial charge in [-0.1, -0.05) is 83.9 Å². The van der Waals surface area contributed by atoms with Crippen LogP contribution in [0.4, 0.5) is 0 Å². The predicted octanol–water partition coefficient (Wildman–Crippen LogP) is 7.95. The molecule has 2 heteroatoms. The fourth-order valence-corrected chi connectivity index (χ4v) is 2.99. The number of rotatable bonds is 4. The van der Waals surface area contributed by atoms with Gasteiger partial charge in [0.15, 0.2) is 0 Å². The largest absolute Gasteiger partial charge is 0.0843 e. The summed E-state index contributed by atoms with van der Waals surface area (Å²) in [7, 11) is 0. The second-order valence-electron chi connectivity index (χ2n) is 6.34. The Balaban J connectivity index is 1.81. The molecule has 0 fully saturated rings. The maximum atomic E-state index is 5.94. The lowest BCUT2D eigenvalue weighted by atomic mass is 9.98. The molecule has 0 bridgehead atoms. The summed E-state index contributed by atoms with van der Waals surface area (Å²) in [5.74, 6) is 0. The third-order valence-electron chi connectivity index (χ3n) is 4.31. The van der Waals surface area contributed by atoms with Gasteiger partial charge in [-0.15, -0.1) is 0 Å². The first-order valence-electron chi connectivity index (χ1n) is 8.50. The Morgan fingerprint density at radius 1 is 0.538 bits per heavy atom. The number of hydrogen-bond donors (Lipinski definition) is 0. The van der Waals surface area contributed by atoms with Crippen molar-refractivity contribution in [2.45, 2.75) is 13.8 Å². The van der Waals surface area contributed by atoms with Gasteiger partial charge in [-0.25, -0.2) is 0 Å². The minimum atomic E-state index is 0.756. The van der Waals surface area contributed by atoms with Gasteiger partial charge in [-0.3, -0.25) is 0 Å². The van der Waals surface area contributed by atoms with Crippen molar-refractivity contribution in [3.8, 4) is 0 Å². The van der Waals surface area contributed by atoms with Gasteiger partial charge in [0.1, 0.15) is 0 Å². The van der Waals surface area contributed by atoms with Gasteiger partial charge in [0.2, 0.25) is 0 Å². The summed E-state index contributed by atoms with van der Waals surface area (Å²) >= 11 is 11.9. The maximum absolute atomic E-state index is 5.94. The maximum Gasteiger partial charge on any atom is 0.0406 e. The lowest BCUT2D eigenvalue weighted by Gasteiger charge is -2.07. The van der Waals surface area contributed by atoms with E-state index in [-0.39, 0.29) is 0 Å². The van der Waals surface area contributed by atoms with E-state index in [1.165, 1.54) is 22.3 Å². The molecule has 0 spiro atoms. The van der Waals surface area contributed by atoms with Crippen molar-refractivity contribution in [3.63, 3.8) is 0 Å². The first-order valence-corrected chi connectivity index (χ1v) is 9.25. The van der Waals surface area contributed by atoms with Crippen molar-refractivity contribution in [2.75, 3.05) is 0 Å². The molecule has 3 aromatic rings. The molecule has 3 aromatic carbocycles. The van der Waals surface area contributed by atoms with E-state index in [9.17, 15) is 0 Å². The average molecular weight is 379 g/mol. The fraction of sp³-hybridized carbons (Fsp3) is 0.0833. The van der Waals surface area contributed by atoms with Crippen molar-refractivity contribution in [2.24, 2.45) is 0 Å². The highest BCUT2D eigenvalue weighted by Crippen LogP contribution is 2.21. The third-order valence-corrected chi connectivity index (χ3v) is 4.81. The van der Waals surface area contributed by atoms with Gasteiger partial charge in [0.25, 0.3) is 0 Å². The molecule has 3 rings (SSSR count). The van der Waals surface area contributed by atoms with Crippen LogP contribution in [-0.4, -0.2) is 0 Å². The molecule has 0 aromatic heterocycles. The monoisotopic (exact) mass is 378 g/mol. The van der Waals surface area contributed by atoms with Crippen LogP contribution in [0.2, 0.25) is 10.0 Å². The highest BCUT2D eigenvalue weighted by atomic mass is 35.5.